The molecule has 6 heteroatoms. The lowest BCUT2D eigenvalue weighted by Gasteiger charge is -2.09. The number of carbonyl (C=O) groups is 3. The van der Waals surface area contributed by atoms with Gasteiger partial charge in [0.05, 0.1) is 6.42 Å². The molecule has 3 aromatic carbocycles. The Labute approximate surface area is 162 Å². The number of rotatable bonds is 7. The summed E-state index contributed by atoms with van der Waals surface area (Å²) < 4.78 is 4.96. The van der Waals surface area contributed by atoms with Gasteiger partial charge < -0.3 is 15.4 Å². The van der Waals surface area contributed by atoms with Crippen LogP contribution in [0.3, 0.4) is 0 Å². The summed E-state index contributed by atoms with van der Waals surface area (Å²) in [6.07, 6.45) is -0.112. The van der Waals surface area contributed by atoms with Gasteiger partial charge in [0.2, 0.25) is 5.91 Å². The molecule has 0 radical (unpaired) electrons. The molecule has 2 N–H and O–H groups in total. The Bertz CT molecular complexity index is 981. The number of benzene rings is 3. The van der Waals surface area contributed by atoms with Crippen LogP contribution in [0.1, 0.15) is 12.8 Å². The fourth-order valence-electron chi connectivity index (χ4n) is 2.70. The number of anilines is 2. The van der Waals surface area contributed by atoms with Gasteiger partial charge in [-0.05, 0) is 23.6 Å². The minimum Gasteiger partial charge on any atom is -0.456 e. The van der Waals surface area contributed by atoms with E-state index in [4.69, 9.17) is 4.74 Å². The average molecular weight is 376 g/mol. The molecule has 28 heavy (non-hydrogen) atoms. The predicted octanol–water partition coefficient (Wildman–Crippen LogP) is 3.74. The summed E-state index contributed by atoms with van der Waals surface area (Å²) >= 11 is 0. The topological polar surface area (TPSA) is 84.5 Å². The second-order valence-electron chi connectivity index (χ2n) is 6.15. The third-order valence-corrected chi connectivity index (χ3v) is 4.04. The number of hydrogen-bond acceptors (Lipinski definition) is 4. The minimum atomic E-state index is -0.601. The first-order valence-corrected chi connectivity index (χ1v) is 8.90. The van der Waals surface area contributed by atoms with E-state index in [-0.39, 0.29) is 18.7 Å². The zero-order valence-electron chi connectivity index (χ0n) is 15.2. The molecule has 3 rings (SSSR count). The number of ether oxygens (including phenoxy) is 1. The first kappa shape index (κ1) is 19.1. The van der Waals surface area contributed by atoms with Crippen molar-refractivity contribution in [1.82, 2.24) is 0 Å². The smallest absolute Gasteiger partial charge is 0.306 e. The second kappa shape index (κ2) is 9.32. The number of amides is 2. The molecule has 0 heterocycles. The lowest BCUT2D eigenvalue weighted by atomic mass is 10.1. The van der Waals surface area contributed by atoms with E-state index in [0.29, 0.717) is 11.4 Å². The van der Waals surface area contributed by atoms with Gasteiger partial charge in [0.25, 0.3) is 5.91 Å². The van der Waals surface area contributed by atoms with Crippen molar-refractivity contribution in [3.63, 3.8) is 0 Å². The molecule has 0 unspecified atom stereocenters. The van der Waals surface area contributed by atoms with Crippen molar-refractivity contribution in [2.24, 2.45) is 0 Å². The largest absolute Gasteiger partial charge is 0.456 e. The van der Waals surface area contributed by atoms with Crippen LogP contribution in [0.25, 0.3) is 10.8 Å². The van der Waals surface area contributed by atoms with Gasteiger partial charge in [0.1, 0.15) is 0 Å². The summed E-state index contributed by atoms with van der Waals surface area (Å²) in [4.78, 5) is 35.7. The van der Waals surface area contributed by atoms with E-state index >= 15 is 0 Å². The van der Waals surface area contributed by atoms with Gasteiger partial charge in [-0.3, -0.25) is 14.4 Å². The van der Waals surface area contributed by atoms with Crippen LogP contribution < -0.4 is 10.6 Å². The molecule has 0 saturated carbocycles. The molecule has 0 saturated heterocycles. The highest BCUT2D eigenvalue weighted by Crippen LogP contribution is 2.22. The van der Waals surface area contributed by atoms with E-state index in [1.165, 1.54) is 0 Å². The summed E-state index contributed by atoms with van der Waals surface area (Å²) in [6, 6.07) is 22.2. The number of fused-ring (bicyclic) bond motifs is 1. The van der Waals surface area contributed by atoms with Crippen LogP contribution >= 0.6 is 0 Å². The molecule has 0 aromatic heterocycles. The predicted molar refractivity (Wildman–Crippen MR) is 108 cm³/mol. The molecule has 0 atom stereocenters. The monoisotopic (exact) mass is 376 g/mol. The maximum Gasteiger partial charge on any atom is 0.306 e. The Morgan fingerprint density at radius 3 is 2.25 bits per heavy atom. The van der Waals surface area contributed by atoms with Gasteiger partial charge in [0.15, 0.2) is 6.61 Å². The molecule has 2 amide bonds. The SMILES string of the molecule is O=C(CCC(=O)OCC(=O)Nc1cccc2ccccc12)Nc1ccccc1. The first-order valence-electron chi connectivity index (χ1n) is 8.90. The standard InChI is InChI=1S/C22H20N2O4/c25-20(23-17-9-2-1-3-10-17)13-14-22(27)28-15-21(26)24-19-12-6-8-16-7-4-5-11-18(16)19/h1-12H,13-15H2,(H,23,25)(H,24,26). The summed E-state index contributed by atoms with van der Waals surface area (Å²) in [7, 11) is 0. The molecule has 142 valence electrons. The third-order valence-electron chi connectivity index (χ3n) is 4.04. The first-order chi connectivity index (χ1) is 13.6. The highest BCUT2D eigenvalue weighted by molar-refractivity contribution is 6.02. The molecule has 3 aromatic rings. The van der Waals surface area contributed by atoms with Crippen molar-refractivity contribution in [3.8, 4) is 0 Å². The highest BCUT2D eigenvalue weighted by Gasteiger charge is 2.11. The van der Waals surface area contributed by atoms with Crippen LogP contribution in [0.5, 0.6) is 0 Å². The van der Waals surface area contributed by atoms with Gasteiger partial charge in [-0.15, -0.1) is 0 Å². The molecule has 6 nitrogen and oxygen atoms in total. The zero-order chi connectivity index (χ0) is 19.8. The van der Waals surface area contributed by atoms with Crippen molar-refractivity contribution < 1.29 is 19.1 Å². The second-order valence-corrected chi connectivity index (χ2v) is 6.15. The van der Waals surface area contributed by atoms with Crippen molar-refractivity contribution in [3.05, 3.63) is 72.8 Å². The summed E-state index contributed by atoms with van der Waals surface area (Å²) in [5.41, 5.74) is 1.32. The van der Waals surface area contributed by atoms with Crippen molar-refractivity contribution >= 4 is 39.9 Å². The number of nitrogens with one attached hydrogen (secondary N) is 2. The van der Waals surface area contributed by atoms with Crippen LogP contribution in [0.2, 0.25) is 0 Å². The average Bonchev–Trinajstić information content (AvgIpc) is 2.72. The molecular formula is C22H20N2O4. The molecule has 0 aliphatic heterocycles. The van der Waals surface area contributed by atoms with Crippen molar-refractivity contribution in [2.45, 2.75) is 12.8 Å². The lowest BCUT2D eigenvalue weighted by Crippen LogP contribution is -2.21. The molecule has 0 bridgehead atoms. The molecular weight excluding hydrogens is 356 g/mol. The summed E-state index contributed by atoms with van der Waals surface area (Å²) in [5, 5.41) is 7.33. The molecule has 0 aliphatic carbocycles. The Morgan fingerprint density at radius 1 is 0.714 bits per heavy atom. The summed E-state index contributed by atoms with van der Waals surface area (Å²) in [5.74, 6) is -1.32. The van der Waals surface area contributed by atoms with Gasteiger partial charge in [-0.25, -0.2) is 0 Å². The highest BCUT2D eigenvalue weighted by atomic mass is 16.5. The Balaban J connectivity index is 1.43. The lowest BCUT2D eigenvalue weighted by molar-refractivity contribution is -0.147. The minimum absolute atomic E-state index is 0.0152. The van der Waals surface area contributed by atoms with Crippen LogP contribution in [0.15, 0.2) is 72.8 Å². The van der Waals surface area contributed by atoms with E-state index < -0.39 is 18.5 Å². The van der Waals surface area contributed by atoms with Crippen molar-refractivity contribution in [2.75, 3.05) is 17.2 Å². The van der Waals surface area contributed by atoms with Crippen LogP contribution in [0, 0.1) is 0 Å². The number of esters is 1. The maximum atomic E-state index is 12.1. The van der Waals surface area contributed by atoms with Crippen molar-refractivity contribution in [1.29, 1.82) is 0 Å². The molecule has 0 fully saturated rings. The number of hydrogen-bond donors (Lipinski definition) is 2. The van der Waals surface area contributed by atoms with E-state index in [1.807, 2.05) is 42.5 Å². The number of carbonyl (C=O) groups excluding carboxylic acids is 3. The Hall–Kier alpha value is -3.67. The van der Waals surface area contributed by atoms with E-state index in [2.05, 4.69) is 10.6 Å². The maximum absolute atomic E-state index is 12.1. The number of para-hydroxylation sites is 1. The Morgan fingerprint density at radius 2 is 1.43 bits per heavy atom. The summed E-state index contributed by atoms with van der Waals surface area (Å²) in [6.45, 7) is -0.400. The third kappa shape index (κ3) is 5.41. The zero-order valence-corrected chi connectivity index (χ0v) is 15.2. The van der Waals surface area contributed by atoms with Gasteiger partial charge >= 0.3 is 5.97 Å². The van der Waals surface area contributed by atoms with Gasteiger partial charge in [-0.1, -0.05) is 54.6 Å². The fraction of sp³-hybridized carbons (Fsp3) is 0.136. The normalized spacial score (nSPS) is 10.3. The van der Waals surface area contributed by atoms with Crippen LogP contribution in [0.4, 0.5) is 11.4 Å². The van der Waals surface area contributed by atoms with E-state index in [9.17, 15) is 14.4 Å². The molecule has 0 aliphatic rings. The fourth-order valence-corrected chi connectivity index (χ4v) is 2.70. The van der Waals surface area contributed by atoms with Crippen LogP contribution in [-0.4, -0.2) is 24.4 Å². The van der Waals surface area contributed by atoms with E-state index in [1.54, 1.807) is 30.3 Å². The molecule has 0 spiro atoms. The quantitative estimate of drug-likeness (QED) is 0.615. The van der Waals surface area contributed by atoms with Gasteiger partial charge in [0, 0.05) is 23.2 Å². The Kier molecular flexibility index (Phi) is 6.36. The van der Waals surface area contributed by atoms with E-state index in [0.717, 1.165) is 10.8 Å². The van der Waals surface area contributed by atoms with Crippen LogP contribution in [-0.2, 0) is 19.1 Å². The van der Waals surface area contributed by atoms with Gasteiger partial charge in [-0.2, -0.15) is 0 Å².